The van der Waals surface area contributed by atoms with Crippen LogP contribution in [0, 0.1) is 6.92 Å². The van der Waals surface area contributed by atoms with E-state index in [-0.39, 0.29) is 0 Å². The molecule has 2 heteroatoms. The molecule has 1 aliphatic rings. The molecule has 0 atom stereocenters. The van der Waals surface area contributed by atoms with Crippen LogP contribution in [0.25, 0.3) is 20.2 Å². The van der Waals surface area contributed by atoms with Gasteiger partial charge in [-0.2, -0.15) is 0 Å². The summed E-state index contributed by atoms with van der Waals surface area (Å²) in [5.41, 5.74) is 2.94. The molecule has 0 bridgehead atoms. The van der Waals surface area contributed by atoms with Crippen LogP contribution in [0.3, 0.4) is 0 Å². The normalized spacial score (nSPS) is 17.1. The largest absolute Gasteiger partial charge is 0.302 e. The van der Waals surface area contributed by atoms with Crippen LogP contribution < -0.4 is 4.90 Å². The minimum Gasteiger partial charge on any atom is -0.302 e. The Morgan fingerprint density at radius 3 is 2.60 bits per heavy atom. The summed E-state index contributed by atoms with van der Waals surface area (Å²) in [5.74, 6) is 0. The monoisotopic (exact) mass is 282 g/mol. The third-order valence-electron chi connectivity index (χ3n) is 4.53. The number of hydrogen-bond acceptors (Lipinski definition) is 1. The Morgan fingerprint density at radius 1 is 0.950 bits per heavy atom. The standard InChI is InChI=1S/C18H19NS/c1-13-11-14(19-9-5-2-6-10-19)12-16-15-7-3-4-8-17(15)20-18(13)16/h3-4,7-8,11-12H,2,5-6,9-10H2,1H3/p+1. The smallest absolute Gasteiger partial charge is 0.132 e. The average Bonchev–Trinajstić information content (AvgIpc) is 2.88. The minimum atomic E-state index is 1.30. The van der Waals surface area contributed by atoms with Gasteiger partial charge in [-0.1, -0.05) is 18.2 Å². The highest BCUT2D eigenvalue weighted by atomic mass is 32.1. The van der Waals surface area contributed by atoms with Crippen LogP contribution in [0.4, 0.5) is 5.69 Å². The number of benzene rings is 2. The highest BCUT2D eigenvalue weighted by Gasteiger charge is 2.18. The van der Waals surface area contributed by atoms with Crippen molar-refractivity contribution in [3.8, 4) is 0 Å². The molecule has 1 aromatic heterocycles. The van der Waals surface area contributed by atoms with E-state index in [4.69, 9.17) is 0 Å². The summed E-state index contributed by atoms with van der Waals surface area (Å²) in [5, 5.41) is 2.88. The van der Waals surface area contributed by atoms with Gasteiger partial charge >= 0.3 is 0 Å². The zero-order chi connectivity index (χ0) is 13.5. The van der Waals surface area contributed by atoms with E-state index >= 15 is 0 Å². The van der Waals surface area contributed by atoms with Crippen molar-refractivity contribution < 1.29 is 4.90 Å². The van der Waals surface area contributed by atoms with Gasteiger partial charge in [-0.3, -0.25) is 0 Å². The maximum Gasteiger partial charge on any atom is 0.132 e. The number of rotatable bonds is 1. The van der Waals surface area contributed by atoms with E-state index in [1.165, 1.54) is 63.8 Å². The Hall–Kier alpha value is -1.38. The van der Waals surface area contributed by atoms with Crippen molar-refractivity contribution in [2.24, 2.45) is 0 Å². The summed E-state index contributed by atoms with van der Waals surface area (Å²) in [6, 6.07) is 13.7. The van der Waals surface area contributed by atoms with E-state index in [1.807, 2.05) is 11.3 Å². The van der Waals surface area contributed by atoms with E-state index in [0.29, 0.717) is 0 Å². The number of hydrogen-bond donors (Lipinski definition) is 1. The number of piperidine rings is 1. The van der Waals surface area contributed by atoms with Gasteiger partial charge in [-0.25, -0.2) is 0 Å². The van der Waals surface area contributed by atoms with Crippen LogP contribution in [0.5, 0.6) is 0 Å². The van der Waals surface area contributed by atoms with Crippen molar-refractivity contribution in [1.82, 2.24) is 0 Å². The fourth-order valence-corrected chi connectivity index (χ4v) is 4.62. The second-order valence-electron chi connectivity index (χ2n) is 5.93. The fourth-order valence-electron chi connectivity index (χ4n) is 3.47. The molecular formula is C18H20NS+. The van der Waals surface area contributed by atoms with Gasteiger partial charge in [0, 0.05) is 32.3 Å². The third kappa shape index (κ3) is 1.95. The summed E-state index contributed by atoms with van der Waals surface area (Å²) in [7, 11) is 0. The Balaban J connectivity index is 1.93. The predicted octanol–water partition coefficient (Wildman–Crippen LogP) is 4.06. The molecule has 102 valence electrons. The van der Waals surface area contributed by atoms with Gasteiger partial charge in [-0.15, -0.1) is 11.3 Å². The first-order valence-corrected chi connectivity index (χ1v) is 8.41. The first kappa shape index (κ1) is 12.4. The zero-order valence-electron chi connectivity index (χ0n) is 11.9. The summed E-state index contributed by atoms with van der Waals surface area (Å²) < 4.78 is 2.88. The molecule has 0 spiro atoms. The van der Waals surface area contributed by atoms with Crippen LogP contribution >= 0.6 is 11.3 Å². The Labute approximate surface area is 123 Å². The zero-order valence-corrected chi connectivity index (χ0v) is 12.7. The molecule has 4 rings (SSSR count). The van der Waals surface area contributed by atoms with Gasteiger partial charge in [-0.05, 0) is 37.8 Å². The Morgan fingerprint density at radius 2 is 1.75 bits per heavy atom. The van der Waals surface area contributed by atoms with E-state index in [0.717, 1.165) is 0 Å². The number of quaternary nitrogens is 1. The lowest BCUT2D eigenvalue weighted by atomic mass is 10.1. The lowest BCUT2D eigenvalue weighted by Crippen LogP contribution is -3.08. The SMILES string of the molecule is Cc1cc([NH+]2CCCCC2)cc2c1sc1ccccc12. The lowest BCUT2D eigenvalue weighted by molar-refractivity contribution is -0.838. The van der Waals surface area contributed by atoms with Crippen molar-refractivity contribution in [3.63, 3.8) is 0 Å². The molecule has 1 saturated heterocycles. The van der Waals surface area contributed by atoms with E-state index in [9.17, 15) is 0 Å². The number of nitrogens with one attached hydrogen (secondary N) is 1. The van der Waals surface area contributed by atoms with E-state index in [2.05, 4.69) is 43.3 Å². The lowest BCUT2D eigenvalue weighted by Gasteiger charge is -2.23. The third-order valence-corrected chi connectivity index (χ3v) is 5.85. The van der Waals surface area contributed by atoms with Crippen molar-refractivity contribution >= 4 is 37.2 Å². The van der Waals surface area contributed by atoms with Gasteiger partial charge < -0.3 is 4.90 Å². The number of fused-ring (bicyclic) bond motifs is 3. The Kier molecular flexibility index (Phi) is 3.01. The van der Waals surface area contributed by atoms with Crippen LogP contribution in [-0.4, -0.2) is 13.1 Å². The molecule has 2 aromatic carbocycles. The molecular weight excluding hydrogens is 262 g/mol. The van der Waals surface area contributed by atoms with Crippen molar-refractivity contribution in [1.29, 1.82) is 0 Å². The first-order chi connectivity index (χ1) is 9.83. The summed E-state index contributed by atoms with van der Waals surface area (Å²) in [4.78, 5) is 1.68. The number of aryl methyl sites for hydroxylation is 1. The van der Waals surface area contributed by atoms with Gasteiger partial charge in [0.1, 0.15) is 5.69 Å². The molecule has 0 aliphatic carbocycles. The summed E-state index contributed by atoms with van der Waals surface area (Å²) >= 11 is 1.93. The quantitative estimate of drug-likeness (QED) is 0.686. The van der Waals surface area contributed by atoms with E-state index < -0.39 is 0 Å². The van der Waals surface area contributed by atoms with Crippen molar-refractivity contribution in [2.45, 2.75) is 26.2 Å². The van der Waals surface area contributed by atoms with Crippen LogP contribution in [0.1, 0.15) is 24.8 Å². The summed E-state index contributed by atoms with van der Waals surface area (Å²) in [6.07, 6.45) is 4.15. The van der Waals surface area contributed by atoms with Crippen LogP contribution in [0.15, 0.2) is 36.4 Å². The van der Waals surface area contributed by atoms with Gasteiger partial charge in [0.15, 0.2) is 0 Å². The number of thiophene rings is 1. The van der Waals surface area contributed by atoms with Gasteiger partial charge in [0.25, 0.3) is 0 Å². The maximum atomic E-state index is 2.45. The molecule has 0 saturated carbocycles. The molecule has 20 heavy (non-hydrogen) atoms. The molecule has 1 nitrogen and oxygen atoms in total. The second kappa shape index (κ2) is 4.87. The molecule has 1 N–H and O–H groups in total. The molecule has 0 amide bonds. The molecule has 0 unspecified atom stereocenters. The van der Waals surface area contributed by atoms with Crippen LogP contribution in [-0.2, 0) is 0 Å². The molecule has 0 radical (unpaired) electrons. The maximum absolute atomic E-state index is 2.45. The molecule has 2 heterocycles. The highest BCUT2D eigenvalue weighted by Crippen LogP contribution is 2.36. The van der Waals surface area contributed by atoms with Gasteiger partial charge in [0.05, 0.1) is 13.1 Å². The van der Waals surface area contributed by atoms with Crippen molar-refractivity contribution in [2.75, 3.05) is 13.1 Å². The van der Waals surface area contributed by atoms with Crippen molar-refractivity contribution in [3.05, 3.63) is 42.0 Å². The topological polar surface area (TPSA) is 4.44 Å². The molecule has 3 aromatic rings. The second-order valence-corrected chi connectivity index (χ2v) is 6.98. The average molecular weight is 282 g/mol. The first-order valence-electron chi connectivity index (χ1n) is 7.60. The Bertz CT molecular complexity index is 766. The highest BCUT2D eigenvalue weighted by molar-refractivity contribution is 7.26. The molecule has 1 fully saturated rings. The van der Waals surface area contributed by atoms with Gasteiger partial charge in [0.2, 0.25) is 0 Å². The fraction of sp³-hybridized carbons (Fsp3) is 0.333. The minimum absolute atomic E-state index is 1.30. The summed E-state index contributed by atoms with van der Waals surface area (Å²) in [6.45, 7) is 4.87. The molecule has 1 aliphatic heterocycles. The predicted molar refractivity (Wildman–Crippen MR) is 88.3 cm³/mol. The van der Waals surface area contributed by atoms with Crippen LogP contribution in [0.2, 0.25) is 0 Å². The van der Waals surface area contributed by atoms with E-state index in [1.54, 1.807) is 4.90 Å².